The van der Waals surface area contributed by atoms with Crippen molar-refractivity contribution in [3.63, 3.8) is 0 Å². The summed E-state index contributed by atoms with van der Waals surface area (Å²) in [4.78, 5) is 14.5. The third kappa shape index (κ3) is 7.40. The van der Waals surface area contributed by atoms with Gasteiger partial charge in [0.25, 0.3) is 9.70 Å². The Labute approximate surface area is 266 Å². The second-order valence-corrected chi connectivity index (χ2v) is 13.1. The number of amides is 1. The Morgan fingerprint density at radius 2 is 1.60 bits per heavy atom. The van der Waals surface area contributed by atoms with Gasteiger partial charge in [-0.3, -0.25) is 9.69 Å². The highest BCUT2D eigenvalue weighted by atomic mass is 35.6. The first kappa shape index (κ1) is 31.9. The first-order valence-electron chi connectivity index (χ1n) is 14.0. The Kier molecular flexibility index (Phi) is 10.1. The third-order valence-corrected chi connectivity index (χ3v) is 8.57. The maximum Gasteiger partial charge on any atom is 0.276 e. The molecule has 0 unspecified atom stereocenters. The van der Waals surface area contributed by atoms with E-state index in [4.69, 9.17) is 53.8 Å². The Morgan fingerprint density at radius 3 is 2.21 bits per heavy atom. The fraction of sp³-hybridized carbons (Fsp3) is 0.406. The number of ether oxygens (including phenoxy) is 4. The van der Waals surface area contributed by atoms with E-state index in [0.717, 1.165) is 47.7 Å². The lowest BCUT2D eigenvalue weighted by atomic mass is 9.89. The number of rotatable bonds is 8. The summed E-state index contributed by atoms with van der Waals surface area (Å²) < 4.78 is 22.2. The van der Waals surface area contributed by atoms with Crippen molar-refractivity contribution in [2.75, 3.05) is 32.6 Å². The predicted molar refractivity (Wildman–Crippen MR) is 167 cm³/mol. The van der Waals surface area contributed by atoms with E-state index >= 15 is 0 Å². The normalized spacial score (nSPS) is 22.5. The molecule has 1 fully saturated rings. The van der Waals surface area contributed by atoms with Crippen LogP contribution < -0.4 is 14.8 Å². The van der Waals surface area contributed by atoms with Crippen molar-refractivity contribution >= 4 is 46.4 Å². The summed E-state index contributed by atoms with van der Waals surface area (Å²) in [6.07, 6.45) is -0.152. The van der Waals surface area contributed by atoms with Crippen molar-refractivity contribution in [2.24, 2.45) is 5.92 Å². The first-order chi connectivity index (χ1) is 20.6. The molecule has 2 aliphatic heterocycles. The van der Waals surface area contributed by atoms with Gasteiger partial charge in [0, 0.05) is 36.8 Å². The zero-order valence-corrected chi connectivity index (χ0v) is 26.5. The number of hydrogen-bond donors (Lipinski definition) is 2. The van der Waals surface area contributed by atoms with Crippen molar-refractivity contribution in [3.8, 4) is 11.5 Å². The van der Waals surface area contributed by atoms with Crippen LogP contribution in [0.5, 0.6) is 11.5 Å². The highest BCUT2D eigenvalue weighted by Gasteiger charge is 2.39. The van der Waals surface area contributed by atoms with Gasteiger partial charge in [0.15, 0.2) is 17.8 Å². The molecular weight excluding hydrogens is 615 g/mol. The van der Waals surface area contributed by atoms with Gasteiger partial charge in [0.1, 0.15) is 0 Å². The topological polar surface area (TPSA) is 89.5 Å². The monoisotopic (exact) mass is 648 g/mol. The number of nitrogens with one attached hydrogen (secondary N) is 1. The predicted octanol–water partition coefficient (Wildman–Crippen LogP) is 6.35. The smallest absolute Gasteiger partial charge is 0.276 e. The maximum atomic E-state index is 12.1. The molecule has 0 radical (unpaired) electrons. The Hall–Kier alpha value is -2.56. The lowest BCUT2D eigenvalue weighted by Crippen LogP contribution is -2.45. The minimum absolute atomic E-state index is 0.0238. The summed E-state index contributed by atoms with van der Waals surface area (Å²) >= 11 is 17.1. The van der Waals surface area contributed by atoms with Crippen molar-refractivity contribution in [1.29, 1.82) is 0 Å². The molecule has 0 bridgehead atoms. The fourth-order valence-electron chi connectivity index (χ4n) is 5.61. The van der Waals surface area contributed by atoms with Gasteiger partial charge < -0.3 is 29.4 Å². The van der Waals surface area contributed by atoms with Crippen LogP contribution >= 0.6 is 34.8 Å². The molecule has 4 atom stereocenters. The van der Waals surface area contributed by atoms with Crippen molar-refractivity contribution in [2.45, 2.75) is 48.8 Å². The van der Waals surface area contributed by atoms with Crippen LogP contribution in [0.15, 0.2) is 60.7 Å². The van der Waals surface area contributed by atoms with Crippen LogP contribution in [0.1, 0.15) is 47.1 Å². The second kappa shape index (κ2) is 13.6. The van der Waals surface area contributed by atoms with E-state index in [0.29, 0.717) is 12.2 Å². The second-order valence-electron chi connectivity index (χ2n) is 10.9. The lowest BCUT2D eigenvalue weighted by molar-refractivity contribution is -0.276. The number of hydrogen-bond acceptors (Lipinski definition) is 7. The largest absolute Gasteiger partial charge is 0.493 e. The fourth-order valence-corrected chi connectivity index (χ4v) is 5.75. The highest BCUT2D eigenvalue weighted by Crippen LogP contribution is 2.43. The number of carbonyl (C=O) groups excluding carboxylic acids is 1. The summed E-state index contributed by atoms with van der Waals surface area (Å²) in [5.74, 6) is 0.756. The molecule has 8 nitrogen and oxygen atoms in total. The number of anilines is 1. The van der Waals surface area contributed by atoms with Gasteiger partial charge in [-0.2, -0.15) is 0 Å². The van der Waals surface area contributed by atoms with Gasteiger partial charge in [-0.05, 0) is 52.9 Å². The number of aliphatic hydroxyl groups excluding tert-OH is 1. The van der Waals surface area contributed by atoms with Crippen LogP contribution in [0.25, 0.3) is 0 Å². The minimum Gasteiger partial charge on any atom is -0.493 e. The molecule has 11 heteroatoms. The van der Waals surface area contributed by atoms with Gasteiger partial charge in [-0.1, -0.05) is 78.1 Å². The average molecular weight is 650 g/mol. The van der Waals surface area contributed by atoms with Crippen LogP contribution in [0.2, 0.25) is 0 Å². The molecule has 2 aliphatic rings. The van der Waals surface area contributed by atoms with Gasteiger partial charge >= 0.3 is 0 Å². The number of carbonyl (C=O) groups is 1. The quantitative estimate of drug-likeness (QED) is 0.275. The molecule has 1 amide bonds. The first-order valence-corrected chi connectivity index (χ1v) is 15.2. The summed E-state index contributed by atoms with van der Waals surface area (Å²) in [6, 6.07) is 19.0. The van der Waals surface area contributed by atoms with E-state index in [9.17, 15) is 9.90 Å². The van der Waals surface area contributed by atoms with Crippen LogP contribution in [0, 0.1) is 5.92 Å². The van der Waals surface area contributed by atoms with Crippen molar-refractivity contribution in [3.05, 3.63) is 88.5 Å². The molecular formula is C32H35Cl3N2O6. The molecule has 0 aromatic heterocycles. The summed E-state index contributed by atoms with van der Waals surface area (Å²) in [5, 5.41) is 12.1. The molecule has 5 rings (SSSR count). The molecule has 0 saturated carbocycles. The minimum atomic E-state index is -2.07. The molecule has 230 valence electrons. The van der Waals surface area contributed by atoms with Crippen LogP contribution in [0.3, 0.4) is 0 Å². The summed E-state index contributed by atoms with van der Waals surface area (Å²) in [7, 11) is 3.30. The number of methoxy groups -OCH3 is 2. The molecule has 0 spiro atoms. The standard InChI is InChI=1S/C32H35Cl3N2O6/c1-19-28(17-37-13-12-23-14-26(40-2)27(41-3)15-24(23)16-37)42-30(43-29(19)21-6-4-20(18-38)5-7-21)22-8-10-25(11-9-22)36-31(39)32(33,34)35/h4-11,14-15,19,28-30,38H,12-13,16-18H2,1-3H3,(H,36,39)/t19-,28+,29+,30+/m0/s1. The van der Waals surface area contributed by atoms with Gasteiger partial charge in [-0.15, -0.1) is 0 Å². The van der Waals surface area contributed by atoms with E-state index in [1.807, 2.05) is 36.4 Å². The van der Waals surface area contributed by atoms with E-state index in [2.05, 4.69) is 29.3 Å². The molecule has 3 aromatic rings. The summed E-state index contributed by atoms with van der Waals surface area (Å²) in [6.45, 7) is 4.48. The number of fused-ring (bicyclic) bond motifs is 1. The van der Waals surface area contributed by atoms with Crippen LogP contribution in [0.4, 0.5) is 5.69 Å². The molecule has 1 saturated heterocycles. The molecule has 3 aromatic carbocycles. The number of benzene rings is 3. The number of halogens is 3. The van der Waals surface area contributed by atoms with E-state index in [-0.39, 0.29) is 24.7 Å². The third-order valence-electron chi connectivity index (χ3n) is 8.06. The van der Waals surface area contributed by atoms with Crippen LogP contribution in [-0.4, -0.2) is 53.1 Å². The summed E-state index contributed by atoms with van der Waals surface area (Å²) in [5.41, 5.74) is 5.59. The average Bonchev–Trinajstić information content (AvgIpc) is 3.01. The maximum absolute atomic E-state index is 12.1. The van der Waals surface area contributed by atoms with Crippen LogP contribution in [-0.2, 0) is 33.8 Å². The van der Waals surface area contributed by atoms with E-state index in [1.165, 1.54) is 11.1 Å². The van der Waals surface area contributed by atoms with E-state index < -0.39 is 16.0 Å². The number of nitrogens with zero attached hydrogens (tertiary/aromatic N) is 1. The van der Waals surface area contributed by atoms with Gasteiger partial charge in [0.05, 0.1) is 33.0 Å². The van der Waals surface area contributed by atoms with Crippen molar-refractivity contribution < 1.29 is 28.8 Å². The molecule has 0 aliphatic carbocycles. The Bertz CT molecular complexity index is 1410. The highest BCUT2D eigenvalue weighted by molar-refractivity contribution is 6.76. The zero-order valence-electron chi connectivity index (χ0n) is 24.2. The Morgan fingerprint density at radius 1 is 0.977 bits per heavy atom. The number of aliphatic hydroxyl groups is 1. The molecule has 2 heterocycles. The number of alkyl halides is 3. The van der Waals surface area contributed by atoms with Gasteiger partial charge in [-0.25, -0.2) is 0 Å². The molecule has 43 heavy (non-hydrogen) atoms. The lowest BCUT2D eigenvalue weighted by Gasteiger charge is -2.43. The molecule has 2 N–H and O–H groups in total. The zero-order chi connectivity index (χ0) is 30.7. The Balaban J connectivity index is 1.37. The van der Waals surface area contributed by atoms with E-state index in [1.54, 1.807) is 26.4 Å². The van der Waals surface area contributed by atoms with Crippen molar-refractivity contribution in [1.82, 2.24) is 4.90 Å². The van der Waals surface area contributed by atoms with Gasteiger partial charge in [0.2, 0.25) is 0 Å². The SMILES string of the molecule is COc1cc2c(cc1OC)CN(C[C@H]1O[C@@H](c3ccc(NC(=O)C(Cl)(Cl)Cl)cc3)O[C@@H](c3ccc(CO)cc3)[C@H]1C)CC2.